The molecule has 9 nitrogen and oxygen atoms in total. The molecule has 3 N–H and O–H groups in total. The Morgan fingerprint density at radius 3 is 2.74 bits per heavy atom. The van der Waals surface area contributed by atoms with Gasteiger partial charge in [0.05, 0.1) is 24.7 Å². The summed E-state index contributed by atoms with van der Waals surface area (Å²) in [5.41, 5.74) is 2.06. The van der Waals surface area contributed by atoms with Gasteiger partial charge in [0.1, 0.15) is 12.4 Å². The van der Waals surface area contributed by atoms with Crippen LogP contribution in [-0.2, 0) is 9.47 Å². The second-order valence-electron chi connectivity index (χ2n) is 3.38. The number of anilines is 1. The molecule has 0 fully saturated rings. The second kappa shape index (κ2) is 8.19. The number of hydrogen-bond donors (Lipinski definition) is 2. The van der Waals surface area contributed by atoms with E-state index >= 15 is 0 Å². The first-order valence-corrected chi connectivity index (χ1v) is 5.50. The summed E-state index contributed by atoms with van der Waals surface area (Å²) in [5, 5.41) is 10.8. The van der Waals surface area contributed by atoms with Crippen LogP contribution < -0.4 is 16.0 Å². The van der Waals surface area contributed by atoms with E-state index < -0.39 is 4.92 Å². The van der Waals surface area contributed by atoms with Crippen molar-refractivity contribution in [2.24, 2.45) is 5.84 Å². The normalized spacial score (nSPS) is 10.2. The molecule has 9 heteroatoms. The molecule has 1 heterocycles. The number of pyridine rings is 1. The molecule has 1 rings (SSSR count). The Balaban J connectivity index is 2.52. The Labute approximate surface area is 109 Å². The third kappa shape index (κ3) is 5.04. The molecule has 0 amide bonds. The number of methoxy groups -OCH3 is 1. The predicted molar refractivity (Wildman–Crippen MR) is 66.9 cm³/mol. The maximum Gasteiger partial charge on any atom is 0.331 e. The summed E-state index contributed by atoms with van der Waals surface area (Å²) < 4.78 is 15.2. The lowest BCUT2D eigenvalue weighted by atomic mass is 10.4. The molecular formula is C10H16N4O5. The standard InChI is InChI=1S/C10H16N4O5/c1-17-4-5-18-6-7-19-10-8(14(15)16)2-3-9(12-10)13-11/h2-3H,4-7,11H2,1H3,(H,12,13). The number of aromatic nitrogens is 1. The highest BCUT2D eigenvalue weighted by molar-refractivity contribution is 5.48. The average molecular weight is 272 g/mol. The number of hydrogen-bond acceptors (Lipinski definition) is 8. The molecule has 0 atom stereocenters. The molecule has 0 saturated heterocycles. The number of nitrogens with zero attached hydrogens (tertiary/aromatic N) is 2. The summed E-state index contributed by atoms with van der Waals surface area (Å²) in [6.07, 6.45) is 0. The van der Waals surface area contributed by atoms with Crippen LogP contribution in [0.15, 0.2) is 12.1 Å². The van der Waals surface area contributed by atoms with Crippen LogP contribution in [0, 0.1) is 10.1 Å². The molecule has 106 valence electrons. The zero-order valence-electron chi connectivity index (χ0n) is 10.5. The smallest absolute Gasteiger partial charge is 0.331 e. The van der Waals surface area contributed by atoms with Crippen LogP contribution >= 0.6 is 0 Å². The number of nitrogen functional groups attached to an aromatic ring is 1. The van der Waals surface area contributed by atoms with Crippen molar-refractivity contribution in [1.29, 1.82) is 0 Å². The van der Waals surface area contributed by atoms with Gasteiger partial charge in [0.25, 0.3) is 5.88 Å². The van der Waals surface area contributed by atoms with Crippen molar-refractivity contribution in [3.63, 3.8) is 0 Å². The van der Waals surface area contributed by atoms with Crippen LogP contribution in [0.25, 0.3) is 0 Å². The van der Waals surface area contributed by atoms with Crippen LogP contribution in [-0.4, -0.2) is 43.4 Å². The largest absolute Gasteiger partial charge is 0.470 e. The monoisotopic (exact) mass is 272 g/mol. The van der Waals surface area contributed by atoms with E-state index in [0.717, 1.165) is 0 Å². The fourth-order valence-electron chi connectivity index (χ4n) is 1.20. The highest BCUT2D eigenvalue weighted by Gasteiger charge is 2.17. The minimum atomic E-state index is -0.575. The van der Waals surface area contributed by atoms with Crippen LogP contribution in [0.5, 0.6) is 5.88 Å². The molecular weight excluding hydrogens is 256 g/mol. The van der Waals surface area contributed by atoms with E-state index in [9.17, 15) is 10.1 Å². The highest BCUT2D eigenvalue weighted by atomic mass is 16.6. The second-order valence-corrected chi connectivity index (χ2v) is 3.38. The zero-order chi connectivity index (χ0) is 14.1. The first-order chi connectivity index (χ1) is 9.19. The molecule has 0 radical (unpaired) electrons. The van der Waals surface area contributed by atoms with Crippen molar-refractivity contribution in [3.05, 3.63) is 22.2 Å². The van der Waals surface area contributed by atoms with Gasteiger partial charge in [0.2, 0.25) is 0 Å². The Hall–Kier alpha value is -1.97. The molecule has 0 unspecified atom stereocenters. The molecule has 0 spiro atoms. The van der Waals surface area contributed by atoms with Crippen LogP contribution in [0.1, 0.15) is 0 Å². The lowest BCUT2D eigenvalue weighted by molar-refractivity contribution is -0.386. The Morgan fingerprint density at radius 2 is 2.11 bits per heavy atom. The number of nitrogens with one attached hydrogen (secondary N) is 1. The molecule has 19 heavy (non-hydrogen) atoms. The van der Waals surface area contributed by atoms with Crippen molar-refractivity contribution in [2.45, 2.75) is 0 Å². The summed E-state index contributed by atoms with van der Waals surface area (Å²) >= 11 is 0. The maximum absolute atomic E-state index is 10.8. The van der Waals surface area contributed by atoms with Crippen LogP contribution in [0.2, 0.25) is 0 Å². The van der Waals surface area contributed by atoms with E-state index in [4.69, 9.17) is 20.1 Å². The molecule has 0 saturated carbocycles. The Bertz CT molecular complexity index is 415. The molecule has 0 aliphatic rings. The maximum atomic E-state index is 10.8. The zero-order valence-corrected chi connectivity index (χ0v) is 10.5. The fraction of sp³-hybridized carbons (Fsp3) is 0.500. The van der Waals surface area contributed by atoms with Gasteiger partial charge >= 0.3 is 5.69 Å². The van der Waals surface area contributed by atoms with Crippen molar-refractivity contribution < 1.29 is 19.1 Å². The number of rotatable bonds is 9. The van der Waals surface area contributed by atoms with E-state index in [1.165, 1.54) is 12.1 Å². The lowest BCUT2D eigenvalue weighted by Gasteiger charge is -2.07. The fourth-order valence-corrected chi connectivity index (χ4v) is 1.20. The molecule has 0 aromatic carbocycles. The van der Waals surface area contributed by atoms with Gasteiger partial charge in [-0.05, 0) is 6.07 Å². The van der Waals surface area contributed by atoms with E-state index in [1.807, 2.05) is 0 Å². The van der Waals surface area contributed by atoms with Gasteiger partial charge in [0.15, 0.2) is 0 Å². The van der Waals surface area contributed by atoms with Gasteiger partial charge in [-0.3, -0.25) is 10.1 Å². The van der Waals surface area contributed by atoms with Gasteiger partial charge in [-0.15, -0.1) is 0 Å². The molecule has 1 aromatic heterocycles. The third-order valence-corrected chi connectivity index (χ3v) is 2.08. The van der Waals surface area contributed by atoms with Crippen molar-refractivity contribution in [1.82, 2.24) is 4.98 Å². The van der Waals surface area contributed by atoms with E-state index in [2.05, 4.69) is 10.4 Å². The van der Waals surface area contributed by atoms with Gasteiger partial charge in [-0.2, -0.15) is 4.98 Å². The predicted octanol–water partition coefficient (Wildman–Crippen LogP) is 0.317. The van der Waals surface area contributed by atoms with Gasteiger partial charge in [0, 0.05) is 13.2 Å². The minimum Gasteiger partial charge on any atom is -0.470 e. The van der Waals surface area contributed by atoms with Crippen LogP contribution in [0.3, 0.4) is 0 Å². The van der Waals surface area contributed by atoms with E-state index in [0.29, 0.717) is 13.2 Å². The van der Waals surface area contributed by atoms with Crippen LogP contribution in [0.4, 0.5) is 11.5 Å². The first-order valence-electron chi connectivity index (χ1n) is 5.50. The minimum absolute atomic E-state index is 0.101. The Morgan fingerprint density at radius 1 is 1.37 bits per heavy atom. The van der Waals surface area contributed by atoms with E-state index in [1.54, 1.807) is 7.11 Å². The van der Waals surface area contributed by atoms with Gasteiger partial charge in [-0.1, -0.05) is 0 Å². The highest BCUT2D eigenvalue weighted by Crippen LogP contribution is 2.25. The summed E-state index contributed by atoms with van der Waals surface area (Å²) in [5.74, 6) is 5.36. The van der Waals surface area contributed by atoms with Crippen molar-refractivity contribution >= 4 is 11.5 Å². The molecule has 1 aromatic rings. The number of nitro groups is 1. The van der Waals surface area contributed by atoms with Gasteiger partial charge < -0.3 is 19.6 Å². The van der Waals surface area contributed by atoms with Crippen molar-refractivity contribution in [2.75, 3.05) is 39.0 Å². The summed E-state index contributed by atoms with van der Waals surface area (Å²) in [6.45, 7) is 1.33. The quantitative estimate of drug-likeness (QED) is 0.285. The summed E-state index contributed by atoms with van der Waals surface area (Å²) in [7, 11) is 1.57. The number of hydrazine groups is 1. The van der Waals surface area contributed by atoms with Gasteiger partial charge in [-0.25, -0.2) is 5.84 Å². The average Bonchev–Trinajstić information content (AvgIpc) is 2.42. The lowest BCUT2D eigenvalue weighted by Crippen LogP contribution is -2.13. The van der Waals surface area contributed by atoms with Crippen molar-refractivity contribution in [3.8, 4) is 5.88 Å². The first kappa shape index (κ1) is 15.1. The number of nitrogens with two attached hydrogens (primary N) is 1. The summed E-state index contributed by atoms with van der Waals surface area (Å²) in [4.78, 5) is 14.1. The SMILES string of the molecule is COCCOCCOc1nc(NN)ccc1[N+](=O)[O-]. The van der Waals surface area contributed by atoms with E-state index in [-0.39, 0.29) is 30.6 Å². The molecule has 0 bridgehead atoms. The molecule has 0 aliphatic carbocycles. The molecule has 0 aliphatic heterocycles. The summed E-state index contributed by atoms with van der Waals surface area (Å²) in [6, 6.07) is 2.66. The third-order valence-electron chi connectivity index (χ3n) is 2.08. The topological polar surface area (TPSA) is 122 Å². The number of ether oxygens (including phenoxy) is 3. The Kier molecular flexibility index (Phi) is 6.50.